The van der Waals surface area contributed by atoms with Crippen LogP contribution in [0.15, 0.2) is 23.1 Å². The topological polar surface area (TPSA) is 110 Å². The van der Waals surface area contributed by atoms with Gasteiger partial charge in [0.15, 0.2) is 0 Å². The van der Waals surface area contributed by atoms with Gasteiger partial charge in [0.05, 0.1) is 17.0 Å². The van der Waals surface area contributed by atoms with Crippen molar-refractivity contribution in [3.63, 3.8) is 0 Å². The highest BCUT2D eigenvalue weighted by Crippen LogP contribution is 2.32. The highest BCUT2D eigenvalue weighted by atomic mass is 32.2. The quantitative estimate of drug-likeness (QED) is 0.634. The molecule has 1 aliphatic heterocycles. The van der Waals surface area contributed by atoms with Crippen LogP contribution in [0.4, 0.5) is 5.69 Å². The zero-order valence-electron chi connectivity index (χ0n) is 11.6. The van der Waals surface area contributed by atoms with Crippen LogP contribution in [0.2, 0.25) is 0 Å². The molecular formula is C12H15N3O5S. The average molecular weight is 313 g/mol. The van der Waals surface area contributed by atoms with Gasteiger partial charge in [0.25, 0.3) is 21.6 Å². The monoisotopic (exact) mass is 313 g/mol. The normalized spacial score (nSPS) is 16.3. The first kappa shape index (κ1) is 15.4. The fourth-order valence-corrected chi connectivity index (χ4v) is 3.64. The number of carbonyl (C=O) groups excluding carboxylic acids is 1. The Kier molecular flexibility index (Phi) is 3.97. The standard InChI is InChI=1S/C12H15N3O5S/c1-8(2)13-5-6-14-12(16)10-4-3-9(15(17)18)7-11(10)21(14,19)20/h3-4,7-8,13H,5-6H2,1-2H3. The lowest BCUT2D eigenvalue weighted by molar-refractivity contribution is -0.385. The number of hydrogen-bond donors (Lipinski definition) is 1. The number of sulfonamides is 1. The number of carbonyl (C=O) groups is 1. The molecule has 1 aromatic rings. The third kappa shape index (κ3) is 2.74. The van der Waals surface area contributed by atoms with Gasteiger partial charge < -0.3 is 5.32 Å². The van der Waals surface area contributed by atoms with E-state index in [1.165, 1.54) is 6.07 Å². The van der Waals surface area contributed by atoms with E-state index in [1.54, 1.807) is 0 Å². The lowest BCUT2D eigenvalue weighted by Gasteiger charge is -2.16. The van der Waals surface area contributed by atoms with Gasteiger partial charge in [-0.25, -0.2) is 12.7 Å². The summed E-state index contributed by atoms with van der Waals surface area (Å²) in [5, 5.41) is 13.7. The molecule has 1 aromatic carbocycles. The van der Waals surface area contributed by atoms with Crippen LogP contribution in [0, 0.1) is 10.1 Å². The van der Waals surface area contributed by atoms with Crippen LogP contribution < -0.4 is 5.32 Å². The molecule has 0 unspecified atom stereocenters. The largest absolute Gasteiger partial charge is 0.313 e. The Balaban J connectivity index is 2.33. The number of non-ortho nitro benzene ring substituents is 1. The SMILES string of the molecule is CC(C)NCCN1C(=O)c2ccc([N+](=O)[O-])cc2S1(=O)=O. The molecular weight excluding hydrogens is 298 g/mol. The molecule has 1 N–H and O–H groups in total. The number of nitro groups is 1. The molecule has 0 aliphatic carbocycles. The van der Waals surface area contributed by atoms with E-state index in [-0.39, 0.29) is 28.7 Å². The van der Waals surface area contributed by atoms with E-state index in [4.69, 9.17) is 0 Å². The van der Waals surface area contributed by atoms with Crippen molar-refractivity contribution in [1.82, 2.24) is 9.62 Å². The fourth-order valence-electron chi connectivity index (χ4n) is 2.05. The maximum Gasteiger partial charge on any atom is 0.270 e. The predicted octanol–water partition coefficient (Wildman–Crippen LogP) is 0.737. The highest BCUT2D eigenvalue weighted by Gasteiger charge is 2.41. The average Bonchev–Trinajstić information content (AvgIpc) is 2.59. The molecule has 0 radical (unpaired) electrons. The molecule has 0 saturated heterocycles. The predicted molar refractivity (Wildman–Crippen MR) is 74.5 cm³/mol. The van der Waals surface area contributed by atoms with E-state index in [1.807, 2.05) is 13.8 Å². The number of fused-ring (bicyclic) bond motifs is 1. The molecule has 2 rings (SSSR count). The molecule has 1 aliphatic rings. The summed E-state index contributed by atoms with van der Waals surface area (Å²) in [5.74, 6) is -0.648. The first-order chi connectivity index (χ1) is 9.75. The third-order valence-corrected chi connectivity index (χ3v) is 4.89. The number of nitro benzene ring substituents is 1. The van der Waals surface area contributed by atoms with E-state index in [0.717, 1.165) is 16.4 Å². The minimum absolute atomic E-state index is 0.0121. The molecule has 1 amide bonds. The van der Waals surface area contributed by atoms with Crippen molar-refractivity contribution >= 4 is 21.6 Å². The molecule has 0 atom stereocenters. The van der Waals surface area contributed by atoms with Gasteiger partial charge in [-0.2, -0.15) is 0 Å². The second kappa shape index (κ2) is 5.41. The second-order valence-electron chi connectivity index (χ2n) is 4.93. The van der Waals surface area contributed by atoms with Crippen LogP contribution in [0.1, 0.15) is 24.2 Å². The lowest BCUT2D eigenvalue weighted by atomic mass is 10.2. The number of amides is 1. The van der Waals surface area contributed by atoms with E-state index >= 15 is 0 Å². The first-order valence-corrected chi connectivity index (χ1v) is 7.78. The van der Waals surface area contributed by atoms with E-state index in [2.05, 4.69) is 5.32 Å². The van der Waals surface area contributed by atoms with Crippen LogP contribution in [-0.4, -0.2) is 42.7 Å². The molecule has 0 aromatic heterocycles. The summed E-state index contributed by atoms with van der Waals surface area (Å²) >= 11 is 0. The second-order valence-corrected chi connectivity index (χ2v) is 6.76. The molecule has 0 saturated carbocycles. The van der Waals surface area contributed by atoms with Crippen molar-refractivity contribution in [3.05, 3.63) is 33.9 Å². The van der Waals surface area contributed by atoms with Crippen molar-refractivity contribution in [1.29, 1.82) is 0 Å². The Morgan fingerprint density at radius 1 is 1.38 bits per heavy atom. The van der Waals surface area contributed by atoms with E-state index in [0.29, 0.717) is 6.54 Å². The van der Waals surface area contributed by atoms with Crippen molar-refractivity contribution in [2.75, 3.05) is 13.1 Å². The van der Waals surface area contributed by atoms with Crippen LogP contribution in [0.5, 0.6) is 0 Å². The highest BCUT2D eigenvalue weighted by molar-refractivity contribution is 7.90. The maximum absolute atomic E-state index is 12.3. The summed E-state index contributed by atoms with van der Waals surface area (Å²) < 4.78 is 25.3. The number of rotatable bonds is 5. The fraction of sp³-hybridized carbons (Fsp3) is 0.417. The Labute approximate surface area is 122 Å². The molecule has 21 heavy (non-hydrogen) atoms. The molecule has 0 bridgehead atoms. The number of nitrogens with one attached hydrogen (secondary N) is 1. The van der Waals surface area contributed by atoms with Gasteiger partial charge in [-0.3, -0.25) is 14.9 Å². The molecule has 1 heterocycles. The minimum Gasteiger partial charge on any atom is -0.313 e. The van der Waals surface area contributed by atoms with Crippen LogP contribution in [0.25, 0.3) is 0 Å². The van der Waals surface area contributed by atoms with Gasteiger partial charge in [-0.05, 0) is 6.07 Å². The van der Waals surface area contributed by atoms with Gasteiger partial charge in [0, 0.05) is 24.7 Å². The molecule has 9 heteroatoms. The summed E-state index contributed by atoms with van der Waals surface area (Å²) in [7, 11) is -4.01. The minimum atomic E-state index is -4.01. The van der Waals surface area contributed by atoms with Crippen molar-refractivity contribution in [2.45, 2.75) is 24.8 Å². The van der Waals surface area contributed by atoms with Gasteiger partial charge >= 0.3 is 0 Å². The summed E-state index contributed by atoms with van der Waals surface area (Å²) in [4.78, 5) is 21.9. The molecule has 0 fully saturated rings. The van der Waals surface area contributed by atoms with Gasteiger partial charge in [-0.15, -0.1) is 0 Å². The summed E-state index contributed by atoms with van der Waals surface area (Å²) in [5.41, 5.74) is -0.377. The number of hydrogen-bond acceptors (Lipinski definition) is 6. The van der Waals surface area contributed by atoms with Crippen LogP contribution in [-0.2, 0) is 10.0 Å². The number of nitrogens with zero attached hydrogens (tertiary/aromatic N) is 2. The Hall–Kier alpha value is -2.00. The first-order valence-electron chi connectivity index (χ1n) is 6.34. The molecule has 114 valence electrons. The van der Waals surface area contributed by atoms with Crippen molar-refractivity contribution < 1.29 is 18.1 Å². The van der Waals surface area contributed by atoms with E-state index in [9.17, 15) is 23.3 Å². The Morgan fingerprint density at radius 2 is 2.05 bits per heavy atom. The summed E-state index contributed by atoms with van der Waals surface area (Å²) in [6, 6.07) is 3.40. The van der Waals surface area contributed by atoms with E-state index < -0.39 is 20.9 Å². The van der Waals surface area contributed by atoms with Crippen molar-refractivity contribution in [3.8, 4) is 0 Å². The molecule has 8 nitrogen and oxygen atoms in total. The van der Waals surface area contributed by atoms with Gasteiger partial charge in [0.2, 0.25) is 0 Å². The lowest BCUT2D eigenvalue weighted by Crippen LogP contribution is -2.38. The summed E-state index contributed by atoms with van der Waals surface area (Å²) in [6.07, 6.45) is 0. The van der Waals surface area contributed by atoms with Gasteiger partial charge in [-0.1, -0.05) is 13.8 Å². The zero-order chi connectivity index (χ0) is 15.8. The zero-order valence-corrected chi connectivity index (χ0v) is 12.4. The summed E-state index contributed by atoms with van der Waals surface area (Å²) in [6.45, 7) is 4.11. The smallest absolute Gasteiger partial charge is 0.270 e. The Bertz CT molecular complexity index is 699. The number of benzene rings is 1. The van der Waals surface area contributed by atoms with Crippen LogP contribution in [0.3, 0.4) is 0 Å². The van der Waals surface area contributed by atoms with Crippen LogP contribution >= 0.6 is 0 Å². The maximum atomic E-state index is 12.3. The Morgan fingerprint density at radius 3 is 2.62 bits per heavy atom. The van der Waals surface area contributed by atoms with Gasteiger partial charge in [0.1, 0.15) is 4.90 Å². The molecule has 0 spiro atoms. The third-order valence-electron chi connectivity index (χ3n) is 3.07. The van der Waals surface area contributed by atoms with Crippen molar-refractivity contribution in [2.24, 2.45) is 0 Å².